The summed E-state index contributed by atoms with van der Waals surface area (Å²) < 4.78 is 0. The van der Waals surface area contributed by atoms with Gasteiger partial charge in [0.2, 0.25) is 17.7 Å². The normalized spacial score (nSPS) is 17.6. The number of benzene rings is 1. The van der Waals surface area contributed by atoms with E-state index in [-0.39, 0.29) is 24.7 Å². The number of hydrogen-bond donors (Lipinski definition) is 6. The fourth-order valence-corrected chi connectivity index (χ4v) is 5.00. The Hall–Kier alpha value is -4.19. The molecule has 1 aliphatic rings. The topological polar surface area (TPSA) is 186 Å². The number of carboxylic acid groups (broad SMARTS) is 1. The van der Waals surface area contributed by atoms with E-state index in [2.05, 4.69) is 25.6 Å². The zero-order valence-corrected chi connectivity index (χ0v) is 22.0. The molecule has 4 rings (SSSR count). The van der Waals surface area contributed by atoms with Gasteiger partial charge in [0.05, 0.1) is 12.4 Å². The molecular formula is C27H35N7O5. The van der Waals surface area contributed by atoms with E-state index in [1.54, 1.807) is 26.2 Å². The molecule has 4 unspecified atom stereocenters. The Labute approximate surface area is 225 Å². The molecule has 7 N–H and O–H groups in total. The Morgan fingerprint density at radius 1 is 1.15 bits per heavy atom. The third-order valence-electron chi connectivity index (χ3n) is 7.11. The van der Waals surface area contributed by atoms with Crippen molar-refractivity contribution in [3.63, 3.8) is 0 Å². The molecule has 1 aliphatic heterocycles. The van der Waals surface area contributed by atoms with Crippen molar-refractivity contribution in [1.82, 2.24) is 30.5 Å². The maximum Gasteiger partial charge on any atom is 0.326 e. The van der Waals surface area contributed by atoms with Gasteiger partial charge >= 0.3 is 5.97 Å². The summed E-state index contributed by atoms with van der Waals surface area (Å²) in [5.41, 5.74) is 8.47. The molecule has 1 fully saturated rings. The molecule has 4 atom stereocenters. The molecule has 0 saturated carbocycles. The molecule has 0 spiro atoms. The van der Waals surface area contributed by atoms with Crippen LogP contribution in [0.1, 0.15) is 37.9 Å². The number of fused-ring (bicyclic) bond motifs is 1. The average molecular weight is 538 g/mol. The second kappa shape index (κ2) is 12.1. The highest BCUT2D eigenvalue weighted by molar-refractivity contribution is 5.95. The van der Waals surface area contributed by atoms with Crippen molar-refractivity contribution in [3.8, 4) is 0 Å². The third-order valence-corrected chi connectivity index (χ3v) is 7.11. The molecule has 39 heavy (non-hydrogen) atoms. The predicted octanol–water partition coefficient (Wildman–Crippen LogP) is 0.705. The van der Waals surface area contributed by atoms with E-state index >= 15 is 0 Å². The molecule has 0 aliphatic carbocycles. The summed E-state index contributed by atoms with van der Waals surface area (Å²) >= 11 is 0. The van der Waals surface area contributed by atoms with E-state index in [9.17, 15) is 24.3 Å². The van der Waals surface area contributed by atoms with E-state index in [0.29, 0.717) is 25.1 Å². The van der Waals surface area contributed by atoms with Crippen molar-refractivity contribution in [2.45, 2.75) is 63.7 Å². The van der Waals surface area contributed by atoms with E-state index in [1.807, 2.05) is 24.3 Å². The third kappa shape index (κ3) is 6.45. The lowest BCUT2D eigenvalue weighted by atomic mass is 10.0. The van der Waals surface area contributed by atoms with Crippen molar-refractivity contribution in [1.29, 1.82) is 0 Å². The van der Waals surface area contributed by atoms with Crippen LogP contribution >= 0.6 is 0 Å². The summed E-state index contributed by atoms with van der Waals surface area (Å²) in [5, 5.41) is 16.1. The Balaban J connectivity index is 1.41. The number of carbonyl (C=O) groups excluding carboxylic acids is 3. The van der Waals surface area contributed by atoms with Crippen LogP contribution in [0.2, 0.25) is 0 Å². The number of amides is 3. The number of nitrogens with two attached hydrogens (primary N) is 1. The lowest BCUT2D eigenvalue weighted by Crippen LogP contribution is -2.58. The Bertz CT molecular complexity index is 1320. The summed E-state index contributed by atoms with van der Waals surface area (Å²) in [5.74, 6) is -2.92. The van der Waals surface area contributed by atoms with Crippen LogP contribution in [0.25, 0.3) is 10.9 Å². The van der Waals surface area contributed by atoms with Crippen LogP contribution in [0.5, 0.6) is 0 Å². The number of H-pyrrole nitrogens is 2. The summed E-state index contributed by atoms with van der Waals surface area (Å²) in [6.45, 7) is 3.91. The quantitative estimate of drug-likeness (QED) is 0.208. The fraction of sp³-hybridized carbons (Fsp3) is 0.444. The molecule has 3 aromatic rings. The van der Waals surface area contributed by atoms with Gasteiger partial charge in [-0.15, -0.1) is 0 Å². The van der Waals surface area contributed by atoms with Gasteiger partial charge in [0.25, 0.3) is 0 Å². The number of nitrogens with zero attached hydrogens (tertiary/aromatic N) is 2. The van der Waals surface area contributed by atoms with Gasteiger partial charge in [-0.25, -0.2) is 9.78 Å². The van der Waals surface area contributed by atoms with E-state index in [0.717, 1.165) is 16.5 Å². The van der Waals surface area contributed by atoms with E-state index < -0.39 is 42.0 Å². The molecule has 208 valence electrons. The van der Waals surface area contributed by atoms with Crippen LogP contribution < -0.4 is 16.4 Å². The highest BCUT2D eigenvalue weighted by Gasteiger charge is 2.38. The molecule has 0 bridgehead atoms. The van der Waals surface area contributed by atoms with Gasteiger partial charge in [0.15, 0.2) is 0 Å². The first-order chi connectivity index (χ1) is 18.7. The lowest BCUT2D eigenvalue weighted by molar-refractivity contribution is -0.143. The minimum absolute atomic E-state index is 0.0724. The second-order valence-corrected chi connectivity index (χ2v) is 10.3. The van der Waals surface area contributed by atoms with Crippen LogP contribution in [-0.2, 0) is 32.0 Å². The van der Waals surface area contributed by atoms with Crippen LogP contribution in [0, 0.1) is 5.92 Å². The van der Waals surface area contributed by atoms with Crippen LogP contribution in [0.15, 0.2) is 43.0 Å². The highest BCUT2D eigenvalue weighted by atomic mass is 16.4. The fourth-order valence-electron chi connectivity index (χ4n) is 5.00. The Kier molecular flexibility index (Phi) is 8.65. The maximum atomic E-state index is 13.3. The van der Waals surface area contributed by atoms with Crippen molar-refractivity contribution in [3.05, 3.63) is 54.2 Å². The van der Waals surface area contributed by atoms with Gasteiger partial charge in [0.1, 0.15) is 18.1 Å². The van der Waals surface area contributed by atoms with Gasteiger partial charge in [-0.1, -0.05) is 32.0 Å². The van der Waals surface area contributed by atoms with Crippen molar-refractivity contribution < 1.29 is 24.3 Å². The van der Waals surface area contributed by atoms with Gasteiger partial charge in [-0.3, -0.25) is 14.4 Å². The predicted molar refractivity (Wildman–Crippen MR) is 143 cm³/mol. The van der Waals surface area contributed by atoms with Crippen molar-refractivity contribution in [2.75, 3.05) is 6.54 Å². The average Bonchev–Trinajstić information content (AvgIpc) is 3.67. The van der Waals surface area contributed by atoms with Gasteiger partial charge in [0, 0.05) is 48.4 Å². The lowest BCUT2D eigenvalue weighted by Gasteiger charge is -2.29. The molecule has 3 heterocycles. The molecule has 12 heteroatoms. The standard InChI is InChI=1S/C27H35N7O5/c1-15(2)23(25(36)32-21(27(38)39)10-16-12-30-20-7-4-3-6-18(16)20)33-24(35)22-8-5-9-34(22)26(37)19(28)11-17-13-29-14-31-17/h3-4,6-7,12-15,19,21-23,30H,5,8-11,28H2,1-2H3,(H,29,31)(H,32,36)(H,33,35)(H,38,39). The van der Waals surface area contributed by atoms with E-state index in [4.69, 9.17) is 5.73 Å². The number of hydrogen-bond acceptors (Lipinski definition) is 6. The number of rotatable bonds is 11. The SMILES string of the molecule is CC(C)C(NC(=O)C1CCCN1C(=O)C(N)Cc1cnc[nH]1)C(=O)NC(Cc1c[nH]c2ccccc12)C(=O)O. The largest absolute Gasteiger partial charge is 0.480 e. The number of para-hydroxylation sites is 1. The van der Waals surface area contributed by atoms with Gasteiger partial charge in [-0.2, -0.15) is 0 Å². The van der Waals surface area contributed by atoms with Crippen molar-refractivity contribution >= 4 is 34.6 Å². The number of aromatic nitrogens is 3. The molecule has 1 aromatic carbocycles. The zero-order valence-electron chi connectivity index (χ0n) is 22.0. The zero-order chi connectivity index (χ0) is 28.1. The number of nitrogens with one attached hydrogen (secondary N) is 4. The first-order valence-corrected chi connectivity index (χ1v) is 13.1. The first-order valence-electron chi connectivity index (χ1n) is 13.1. The van der Waals surface area contributed by atoms with Gasteiger partial charge in [-0.05, 0) is 30.4 Å². The summed E-state index contributed by atoms with van der Waals surface area (Å²) in [7, 11) is 0. The van der Waals surface area contributed by atoms with Crippen LogP contribution in [0.3, 0.4) is 0 Å². The molecule has 12 nitrogen and oxygen atoms in total. The Morgan fingerprint density at radius 2 is 1.92 bits per heavy atom. The number of carboxylic acids is 1. The highest BCUT2D eigenvalue weighted by Crippen LogP contribution is 2.21. The van der Waals surface area contributed by atoms with Crippen molar-refractivity contribution in [2.24, 2.45) is 11.7 Å². The molecule has 3 amide bonds. The summed E-state index contributed by atoms with van der Waals surface area (Å²) in [6, 6.07) is 3.72. The number of aromatic amines is 2. The number of aliphatic carboxylic acids is 1. The monoisotopic (exact) mass is 537 g/mol. The van der Waals surface area contributed by atoms with E-state index in [1.165, 1.54) is 11.2 Å². The Morgan fingerprint density at radius 3 is 2.62 bits per heavy atom. The van der Waals surface area contributed by atoms with Gasteiger partial charge < -0.3 is 36.3 Å². The first kappa shape index (κ1) is 27.8. The van der Waals surface area contributed by atoms with Crippen LogP contribution in [0.4, 0.5) is 0 Å². The molecule has 2 aromatic heterocycles. The minimum Gasteiger partial charge on any atom is -0.480 e. The minimum atomic E-state index is -1.19. The smallest absolute Gasteiger partial charge is 0.326 e. The number of likely N-dealkylation sites (tertiary alicyclic amines) is 1. The summed E-state index contributed by atoms with van der Waals surface area (Å²) in [6.07, 6.45) is 6.24. The molecule has 1 saturated heterocycles. The maximum absolute atomic E-state index is 13.3. The molecule has 0 radical (unpaired) electrons. The summed E-state index contributed by atoms with van der Waals surface area (Å²) in [4.78, 5) is 63.0. The molecular weight excluding hydrogens is 502 g/mol. The number of imidazole rings is 1. The van der Waals surface area contributed by atoms with Crippen LogP contribution in [-0.4, -0.2) is 79.4 Å². The number of carbonyl (C=O) groups is 4. The second-order valence-electron chi connectivity index (χ2n) is 10.3.